The number of esters is 1. The van der Waals surface area contributed by atoms with E-state index in [1.807, 2.05) is 0 Å². The molecule has 1 aliphatic heterocycles. The lowest BCUT2D eigenvalue weighted by molar-refractivity contribution is -0.147. The van der Waals surface area contributed by atoms with Gasteiger partial charge in [-0.05, 0) is 32.4 Å². The van der Waals surface area contributed by atoms with Crippen LogP contribution < -0.4 is 5.32 Å². The van der Waals surface area contributed by atoms with Crippen LogP contribution in [-0.2, 0) is 9.53 Å². The van der Waals surface area contributed by atoms with Crippen LogP contribution in [0, 0.1) is 5.92 Å². The first-order chi connectivity index (χ1) is 8.21. The molecule has 0 amide bonds. The Kier molecular flexibility index (Phi) is 6.52. The van der Waals surface area contributed by atoms with Gasteiger partial charge in [0.1, 0.15) is 0 Å². The minimum atomic E-state index is -0.0610. The number of carbonyl (C=O) groups excluding carboxylic acids is 1. The maximum atomic E-state index is 11.7. The Morgan fingerprint density at radius 2 is 2.12 bits per heavy atom. The Morgan fingerprint density at radius 3 is 2.71 bits per heavy atom. The van der Waals surface area contributed by atoms with Crippen molar-refractivity contribution in [3.05, 3.63) is 0 Å². The van der Waals surface area contributed by atoms with E-state index in [-0.39, 0.29) is 11.9 Å². The molecule has 1 N–H and O–H groups in total. The van der Waals surface area contributed by atoms with Gasteiger partial charge in [0, 0.05) is 19.1 Å². The third kappa shape index (κ3) is 4.64. The second-order valence-corrected chi connectivity index (χ2v) is 4.87. The minimum Gasteiger partial charge on any atom is -0.469 e. The van der Waals surface area contributed by atoms with E-state index in [9.17, 15) is 4.79 Å². The van der Waals surface area contributed by atoms with Crippen LogP contribution in [0.3, 0.4) is 0 Å². The van der Waals surface area contributed by atoms with Gasteiger partial charge in [-0.1, -0.05) is 13.8 Å². The van der Waals surface area contributed by atoms with Crippen molar-refractivity contribution in [2.75, 3.05) is 33.3 Å². The Morgan fingerprint density at radius 1 is 1.35 bits per heavy atom. The first kappa shape index (κ1) is 14.5. The number of nitrogens with zero attached hydrogens (tertiary/aromatic N) is 1. The van der Waals surface area contributed by atoms with Crippen LogP contribution in [0.5, 0.6) is 0 Å². The van der Waals surface area contributed by atoms with Crippen molar-refractivity contribution in [1.29, 1.82) is 0 Å². The maximum absolute atomic E-state index is 11.7. The molecule has 2 unspecified atom stereocenters. The molecule has 0 saturated carbocycles. The average molecular weight is 242 g/mol. The third-order valence-electron chi connectivity index (χ3n) is 3.28. The van der Waals surface area contributed by atoms with Crippen molar-refractivity contribution in [1.82, 2.24) is 10.2 Å². The number of piperidine rings is 1. The van der Waals surface area contributed by atoms with Crippen LogP contribution >= 0.6 is 0 Å². The van der Waals surface area contributed by atoms with Crippen molar-refractivity contribution in [3.8, 4) is 0 Å². The molecule has 2 atom stereocenters. The SMILES string of the molecule is CCCNC1CC(C(=O)OC)CN(CCC)C1. The fourth-order valence-corrected chi connectivity index (χ4v) is 2.52. The van der Waals surface area contributed by atoms with Gasteiger partial charge in [-0.2, -0.15) is 0 Å². The standard InChI is InChI=1S/C13H26N2O2/c1-4-6-14-12-8-11(13(16)17-3)9-15(10-12)7-5-2/h11-12,14H,4-10H2,1-3H3. The first-order valence-corrected chi connectivity index (χ1v) is 6.74. The molecule has 0 bridgehead atoms. The van der Waals surface area contributed by atoms with E-state index >= 15 is 0 Å². The second kappa shape index (κ2) is 7.67. The molecule has 1 aliphatic rings. The van der Waals surface area contributed by atoms with E-state index in [0.29, 0.717) is 6.04 Å². The highest BCUT2D eigenvalue weighted by atomic mass is 16.5. The number of methoxy groups -OCH3 is 1. The van der Waals surface area contributed by atoms with Crippen molar-refractivity contribution >= 4 is 5.97 Å². The average Bonchev–Trinajstić information content (AvgIpc) is 2.35. The van der Waals surface area contributed by atoms with E-state index < -0.39 is 0 Å². The van der Waals surface area contributed by atoms with Gasteiger partial charge in [-0.3, -0.25) is 4.79 Å². The lowest BCUT2D eigenvalue weighted by Crippen LogP contribution is -2.51. The number of rotatable bonds is 6. The summed E-state index contributed by atoms with van der Waals surface area (Å²) in [5.41, 5.74) is 0. The molecular weight excluding hydrogens is 216 g/mol. The summed E-state index contributed by atoms with van der Waals surface area (Å²) in [6, 6.07) is 0.430. The quantitative estimate of drug-likeness (QED) is 0.712. The Hall–Kier alpha value is -0.610. The monoisotopic (exact) mass is 242 g/mol. The van der Waals surface area contributed by atoms with E-state index in [2.05, 4.69) is 24.1 Å². The van der Waals surface area contributed by atoms with Crippen LogP contribution in [0.4, 0.5) is 0 Å². The van der Waals surface area contributed by atoms with Gasteiger partial charge in [-0.15, -0.1) is 0 Å². The number of likely N-dealkylation sites (tertiary alicyclic amines) is 1. The molecule has 1 rings (SSSR count). The van der Waals surface area contributed by atoms with Gasteiger partial charge in [0.25, 0.3) is 0 Å². The van der Waals surface area contributed by atoms with Crippen LogP contribution in [0.25, 0.3) is 0 Å². The zero-order valence-corrected chi connectivity index (χ0v) is 11.4. The molecule has 1 fully saturated rings. The molecule has 100 valence electrons. The fourth-order valence-electron chi connectivity index (χ4n) is 2.52. The summed E-state index contributed by atoms with van der Waals surface area (Å²) in [6.45, 7) is 8.34. The van der Waals surface area contributed by atoms with Crippen molar-refractivity contribution in [2.45, 2.75) is 39.2 Å². The predicted molar refractivity (Wildman–Crippen MR) is 68.9 cm³/mol. The molecule has 0 radical (unpaired) electrons. The molecule has 0 spiro atoms. The topological polar surface area (TPSA) is 41.6 Å². The van der Waals surface area contributed by atoms with Crippen molar-refractivity contribution in [3.63, 3.8) is 0 Å². The summed E-state index contributed by atoms with van der Waals surface area (Å²) in [4.78, 5) is 14.0. The summed E-state index contributed by atoms with van der Waals surface area (Å²) in [5, 5.41) is 3.52. The normalized spacial score (nSPS) is 25.8. The Labute approximate surface area is 105 Å². The third-order valence-corrected chi connectivity index (χ3v) is 3.28. The number of hydrogen-bond acceptors (Lipinski definition) is 4. The number of nitrogens with one attached hydrogen (secondary N) is 1. The summed E-state index contributed by atoms with van der Waals surface area (Å²) in [5.74, 6) is -0.0243. The maximum Gasteiger partial charge on any atom is 0.310 e. The van der Waals surface area contributed by atoms with Crippen LogP contribution in [0.15, 0.2) is 0 Å². The van der Waals surface area contributed by atoms with E-state index in [1.54, 1.807) is 0 Å². The zero-order valence-electron chi connectivity index (χ0n) is 11.4. The smallest absolute Gasteiger partial charge is 0.310 e. The van der Waals surface area contributed by atoms with Gasteiger partial charge < -0.3 is 15.0 Å². The van der Waals surface area contributed by atoms with Crippen LogP contribution in [-0.4, -0.2) is 50.2 Å². The largest absolute Gasteiger partial charge is 0.469 e. The predicted octanol–water partition coefficient (Wildman–Crippen LogP) is 1.26. The second-order valence-electron chi connectivity index (χ2n) is 4.87. The summed E-state index contributed by atoms with van der Waals surface area (Å²) in [7, 11) is 1.48. The summed E-state index contributed by atoms with van der Waals surface area (Å²) >= 11 is 0. The fraction of sp³-hybridized carbons (Fsp3) is 0.923. The molecule has 4 heteroatoms. The molecule has 0 aromatic carbocycles. The molecular formula is C13H26N2O2. The summed E-state index contributed by atoms with van der Waals surface area (Å²) < 4.78 is 4.88. The minimum absolute atomic E-state index is 0.0367. The van der Waals surface area contributed by atoms with E-state index in [4.69, 9.17) is 4.74 Å². The van der Waals surface area contributed by atoms with Gasteiger partial charge in [-0.25, -0.2) is 0 Å². The first-order valence-electron chi connectivity index (χ1n) is 6.74. The van der Waals surface area contributed by atoms with Crippen molar-refractivity contribution < 1.29 is 9.53 Å². The van der Waals surface area contributed by atoms with E-state index in [0.717, 1.165) is 45.4 Å². The number of carbonyl (C=O) groups is 1. The number of ether oxygens (including phenoxy) is 1. The Balaban J connectivity index is 2.52. The van der Waals surface area contributed by atoms with Gasteiger partial charge >= 0.3 is 5.97 Å². The molecule has 0 aliphatic carbocycles. The number of hydrogen-bond donors (Lipinski definition) is 1. The molecule has 0 aromatic rings. The highest BCUT2D eigenvalue weighted by Crippen LogP contribution is 2.18. The lowest BCUT2D eigenvalue weighted by Gasteiger charge is -2.36. The molecule has 1 heterocycles. The zero-order chi connectivity index (χ0) is 12.7. The van der Waals surface area contributed by atoms with Gasteiger partial charge in [0.2, 0.25) is 0 Å². The van der Waals surface area contributed by atoms with E-state index in [1.165, 1.54) is 7.11 Å². The van der Waals surface area contributed by atoms with Crippen LogP contribution in [0.2, 0.25) is 0 Å². The van der Waals surface area contributed by atoms with Gasteiger partial charge in [0.05, 0.1) is 13.0 Å². The molecule has 4 nitrogen and oxygen atoms in total. The molecule has 1 saturated heterocycles. The van der Waals surface area contributed by atoms with Crippen molar-refractivity contribution in [2.24, 2.45) is 5.92 Å². The van der Waals surface area contributed by atoms with Crippen LogP contribution in [0.1, 0.15) is 33.1 Å². The lowest BCUT2D eigenvalue weighted by atomic mass is 9.94. The Bertz CT molecular complexity index is 233. The molecule has 17 heavy (non-hydrogen) atoms. The highest BCUT2D eigenvalue weighted by molar-refractivity contribution is 5.72. The molecule has 0 aromatic heterocycles. The highest BCUT2D eigenvalue weighted by Gasteiger charge is 2.31. The summed E-state index contributed by atoms with van der Waals surface area (Å²) in [6.07, 6.45) is 3.18. The van der Waals surface area contributed by atoms with Gasteiger partial charge in [0.15, 0.2) is 0 Å².